The van der Waals surface area contributed by atoms with E-state index < -0.39 is 0 Å². The lowest BCUT2D eigenvalue weighted by Gasteiger charge is -2.18. The van der Waals surface area contributed by atoms with Crippen LogP contribution < -0.4 is 0 Å². The monoisotopic (exact) mass is 639 g/mol. The van der Waals surface area contributed by atoms with Crippen molar-refractivity contribution in [2.75, 3.05) is 0 Å². The standard InChI is InChI=1S/C48H33NO/c1-3-11-35-29(2)50-45-28-41-33(26-42(35)45)23-25-43-48(41)40-24-22-34(27-44(40)49-43)47-38-16-9-7-14-36(38)46(37-15-8-10-17-39(37)47)32-20-18-31(19-21-32)30-12-5-4-6-13-30/h3-28,49H,1-2H3/b11-3-. The van der Waals surface area contributed by atoms with Gasteiger partial charge in [-0.1, -0.05) is 133 Å². The van der Waals surface area contributed by atoms with Crippen molar-refractivity contribution >= 4 is 71.2 Å². The van der Waals surface area contributed by atoms with Gasteiger partial charge in [0, 0.05) is 32.8 Å². The van der Waals surface area contributed by atoms with Crippen LogP contribution in [-0.4, -0.2) is 4.98 Å². The Labute approximate surface area is 289 Å². The number of H-pyrrole nitrogens is 1. The highest BCUT2D eigenvalue weighted by molar-refractivity contribution is 6.24. The summed E-state index contributed by atoms with van der Waals surface area (Å²) in [5.74, 6) is 0.947. The zero-order valence-electron chi connectivity index (χ0n) is 27.9. The molecule has 8 aromatic carbocycles. The number of benzene rings is 8. The summed E-state index contributed by atoms with van der Waals surface area (Å²) in [5, 5.41) is 11.0. The topological polar surface area (TPSA) is 28.9 Å². The highest BCUT2D eigenvalue weighted by atomic mass is 16.3. The van der Waals surface area contributed by atoms with Gasteiger partial charge in [-0.25, -0.2) is 0 Å². The molecule has 10 aromatic rings. The molecule has 0 aliphatic rings. The predicted octanol–water partition coefficient (Wildman–Crippen LogP) is 13.9. The normalized spacial score (nSPS) is 12.1. The second-order valence-electron chi connectivity index (χ2n) is 13.3. The molecular weight excluding hydrogens is 607 g/mol. The number of aromatic nitrogens is 1. The summed E-state index contributed by atoms with van der Waals surface area (Å²) in [6.07, 6.45) is 4.21. The molecule has 0 spiro atoms. The predicted molar refractivity (Wildman–Crippen MR) is 214 cm³/mol. The molecule has 10 rings (SSSR count). The third-order valence-corrected chi connectivity index (χ3v) is 10.4. The van der Waals surface area contributed by atoms with E-state index in [1.54, 1.807) is 0 Å². The van der Waals surface area contributed by atoms with E-state index in [0.29, 0.717) is 0 Å². The van der Waals surface area contributed by atoms with E-state index in [-0.39, 0.29) is 0 Å². The van der Waals surface area contributed by atoms with Crippen LogP contribution in [0.2, 0.25) is 0 Å². The lowest BCUT2D eigenvalue weighted by molar-refractivity contribution is 0.578. The van der Waals surface area contributed by atoms with Crippen LogP contribution in [0, 0.1) is 6.92 Å². The number of hydrogen-bond acceptors (Lipinski definition) is 1. The van der Waals surface area contributed by atoms with Gasteiger partial charge in [-0.05, 0) is 104 Å². The lowest BCUT2D eigenvalue weighted by Crippen LogP contribution is -1.91. The molecule has 0 fully saturated rings. The van der Waals surface area contributed by atoms with Crippen LogP contribution >= 0.6 is 0 Å². The van der Waals surface area contributed by atoms with Gasteiger partial charge >= 0.3 is 0 Å². The number of furan rings is 1. The zero-order valence-corrected chi connectivity index (χ0v) is 27.9. The van der Waals surface area contributed by atoms with Crippen molar-refractivity contribution in [1.29, 1.82) is 0 Å². The van der Waals surface area contributed by atoms with Gasteiger partial charge in [-0.3, -0.25) is 0 Å². The molecule has 0 amide bonds. The van der Waals surface area contributed by atoms with Gasteiger partial charge in [0.2, 0.25) is 0 Å². The molecule has 0 atom stereocenters. The van der Waals surface area contributed by atoms with E-state index in [1.807, 2.05) is 13.8 Å². The number of nitrogens with one attached hydrogen (secondary N) is 1. The minimum Gasteiger partial charge on any atom is -0.461 e. The maximum Gasteiger partial charge on any atom is 0.135 e. The van der Waals surface area contributed by atoms with E-state index in [0.717, 1.165) is 33.3 Å². The van der Waals surface area contributed by atoms with Gasteiger partial charge < -0.3 is 9.40 Å². The smallest absolute Gasteiger partial charge is 0.135 e. The number of rotatable bonds is 4. The SMILES string of the molecule is C/C=C\c1c(C)oc2cc3c(ccc4[nH]c5cc(-c6c7ccccc7c(-c7ccc(-c8ccccc8)cc7)c7ccccc67)ccc5c43)cc12. The Morgan fingerprint density at radius 2 is 1.08 bits per heavy atom. The third kappa shape index (κ3) is 4.28. The molecule has 2 heteroatoms. The van der Waals surface area contributed by atoms with Crippen molar-refractivity contribution in [2.45, 2.75) is 13.8 Å². The minimum atomic E-state index is 0.925. The quantitative estimate of drug-likeness (QED) is 0.191. The maximum absolute atomic E-state index is 6.26. The summed E-state index contributed by atoms with van der Waals surface area (Å²) >= 11 is 0. The number of aryl methyl sites for hydroxylation is 1. The first kappa shape index (κ1) is 28.6. The van der Waals surface area contributed by atoms with Crippen molar-refractivity contribution in [2.24, 2.45) is 0 Å². The van der Waals surface area contributed by atoms with E-state index in [1.165, 1.54) is 76.5 Å². The van der Waals surface area contributed by atoms with Crippen LogP contribution in [0.4, 0.5) is 0 Å². The zero-order chi connectivity index (χ0) is 33.3. The molecule has 0 saturated heterocycles. The van der Waals surface area contributed by atoms with Crippen molar-refractivity contribution in [3.63, 3.8) is 0 Å². The first-order chi connectivity index (χ1) is 24.7. The molecular formula is C48H33NO. The largest absolute Gasteiger partial charge is 0.461 e. The fourth-order valence-electron chi connectivity index (χ4n) is 8.20. The van der Waals surface area contributed by atoms with Crippen LogP contribution in [0.5, 0.6) is 0 Å². The van der Waals surface area contributed by atoms with Gasteiger partial charge in [0.25, 0.3) is 0 Å². The van der Waals surface area contributed by atoms with E-state index >= 15 is 0 Å². The average molecular weight is 640 g/mol. The van der Waals surface area contributed by atoms with Gasteiger partial charge in [-0.15, -0.1) is 0 Å². The average Bonchev–Trinajstić information content (AvgIpc) is 3.69. The molecule has 0 bridgehead atoms. The van der Waals surface area contributed by atoms with Gasteiger partial charge in [0.05, 0.1) is 0 Å². The molecule has 0 aliphatic carbocycles. The number of aromatic amines is 1. The van der Waals surface area contributed by atoms with Crippen molar-refractivity contribution in [1.82, 2.24) is 4.98 Å². The Kier molecular flexibility index (Phi) is 6.34. The minimum absolute atomic E-state index is 0.925. The molecule has 0 aliphatic heterocycles. The Bertz CT molecular complexity index is 2920. The van der Waals surface area contributed by atoms with Crippen molar-refractivity contribution in [3.8, 4) is 33.4 Å². The van der Waals surface area contributed by atoms with Crippen LogP contribution in [0.25, 0.3) is 105 Å². The summed E-state index contributed by atoms with van der Waals surface area (Å²) in [6.45, 7) is 4.10. The summed E-state index contributed by atoms with van der Waals surface area (Å²) in [5.41, 5.74) is 11.7. The van der Waals surface area contributed by atoms with Crippen LogP contribution in [-0.2, 0) is 0 Å². The van der Waals surface area contributed by atoms with Crippen LogP contribution in [0.1, 0.15) is 18.2 Å². The molecule has 2 aromatic heterocycles. The number of allylic oxidation sites excluding steroid dienone is 1. The first-order valence-corrected chi connectivity index (χ1v) is 17.3. The molecule has 50 heavy (non-hydrogen) atoms. The fourth-order valence-corrected chi connectivity index (χ4v) is 8.20. The number of fused-ring (bicyclic) bond motifs is 8. The lowest BCUT2D eigenvalue weighted by atomic mass is 9.85. The van der Waals surface area contributed by atoms with Gasteiger partial charge in [-0.2, -0.15) is 0 Å². The third-order valence-electron chi connectivity index (χ3n) is 10.4. The Morgan fingerprint density at radius 1 is 0.480 bits per heavy atom. The fraction of sp³-hybridized carbons (Fsp3) is 0.0417. The van der Waals surface area contributed by atoms with Crippen molar-refractivity contribution in [3.05, 3.63) is 163 Å². The molecule has 0 saturated carbocycles. The summed E-state index contributed by atoms with van der Waals surface area (Å²) in [7, 11) is 0. The molecule has 2 heterocycles. The second kappa shape index (κ2) is 11.1. The summed E-state index contributed by atoms with van der Waals surface area (Å²) < 4.78 is 6.26. The first-order valence-electron chi connectivity index (χ1n) is 17.3. The molecule has 0 unspecified atom stereocenters. The summed E-state index contributed by atoms with van der Waals surface area (Å²) in [4.78, 5) is 3.78. The molecule has 236 valence electrons. The van der Waals surface area contributed by atoms with Crippen LogP contribution in [0.3, 0.4) is 0 Å². The highest BCUT2D eigenvalue weighted by Gasteiger charge is 2.19. The van der Waals surface area contributed by atoms with E-state index in [4.69, 9.17) is 4.42 Å². The van der Waals surface area contributed by atoms with Crippen LogP contribution in [0.15, 0.2) is 156 Å². The van der Waals surface area contributed by atoms with Crippen molar-refractivity contribution < 1.29 is 4.42 Å². The van der Waals surface area contributed by atoms with Gasteiger partial charge in [0.15, 0.2) is 0 Å². The Balaban J connectivity index is 1.18. The Morgan fingerprint density at radius 3 is 1.76 bits per heavy atom. The highest BCUT2D eigenvalue weighted by Crippen LogP contribution is 2.45. The molecule has 1 N–H and O–H groups in total. The summed E-state index contributed by atoms with van der Waals surface area (Å²) in [6, 6.07) is 53.3. The Hall–Kier alpha value is -6.38. The van der Waals surface area contributed by atoms with E-state index in [2.05, 4.69) is 163 Å². The second-order valence-corrected chi connectivity index (χ2v) is 13.3. The number of hydrogen-bond donors (Lipinski definition) is 1. The van der Waals surface area contributed by atoms with E-state index in [9.17, 15) is 0 Å². The van der Waals surface area contributed by atoms with Gasteiger partial charge in [0.1, 0.15) is 11.3 Å². The molecule has 2 nitrogen and oxygen atoms in total. The molecule has 0 radical (unpaired) electrons. The maximum atomic E-state index is 6.26.